The van der Waals surface area contributed by atoms with E-state index in [4.69, 9.17) is 23.2 Å². The molecule has 0 radical (unpaired) electrons. The molecule has 4 nitrogen and oxygen atoms in total. The van der Waals surface area contributed by atoms with Crippen molar-refractivity contribution in [1.29, 1.82) is 0 Å². The third-order valence-corrected chi connectivity index (χ3v) is 7.57. The highest BCUT2D eigenvalue weighted by molar-refractivity contribution is 7.92. The van der Waals surface area contributed by atoms with Gasteiger partial charge in [0.15, 0.2) is 5.78 Å². The fourth-order valence-corrected chi connectivity index (χ4v) is 5.34. The van der Waals surface area contributed by atoms with Crippen molar-refractivity contribution in [2.45, 2.75) is 17.7 Å². The van der Waals surface area contributed by atoms with Crippen molar-refractivity contribution in [2.75, 3.05) is 10.8 Å². The average molecular weight is 464 g/mol. The Morgan fingerprint density at radius 3 is 2.53 bits per heavy atom. The smallest absolute Gasteiger partial charge is 0.264 e. The van der Waals surface area contributed by atoms with Gasteiger partial charge in [-0.15, -0.1) is 0 Å². The second-order valence-corrected chi connectivity index (χ2v) is 9.62. The largest absolute Gasteiger partial charge is 0.294 e. The lowest BCUT2D eigenvalue weighted by atomic mass is 10.0. The Hall–Kier alpha value is -2.41. The van der Waals surface area contributed by atoms with Crippen molar-refractivity contribution in [1.82, 2.24) is 0 Å². The summed E-state index contributed by atoms with van der Waals surface area (Å²) in [6, 6.07) is 15.2. The number of hydrogen-bond donors (Lipinski definition) is 0. The van der Waals surface area contributed by atoms with E-state index in [9.17, 15) is 17.6 Å². The number of carbonyl (C=O) groups excluding carboxylic acids is 1. The van der Waals surface area contributed by atoms with Gasteiger partial charge in [-0.25, -0.2) is 12.8 Å². The third kappa shape index (κ3) is 3.83. The summed E-state index contributed by atoms with van der Waals surface area (Å²) in [7, 11) is -3.93. The van der Waals surface area contributed by atoms with Crippen LogP contribution in [0.5, 0.6) is 0 Å². The predicted octanol–water partition coefficient (Wildman–Crippen LogP) is 5.31. The molecule has 4 rings (SSSR count). The first-order valence-corrected chi connectivity index (χ1v) is 11.3. The molecule has 0 N–H and O–H groups in total. The predicted molar refractivity (Wildman–Crippen MR) is 116 cm³/mol. The number of benzene rings is 3. The zero-order chi connectivity index (χ0) is 21.5. The van der Waals surface area contributed by atoms with E-state index in [1.54, 1.807) is 24.3 Å². The summed E-state index contributed by atoms with van der Waals surface area (Å²) < 4.78 is 42.1. The van der Waals surface area contributed by atoms with Crippen LogP contribution in [0.3, 0.4) is 0 Å². The molecule has 0 atom stereocenters. The van der Waals surface area contributed by atoms with Crippen molar-refractivity contribution in [3.63, 3.8) is 0 Å². The van der Waals surface area contributed by atoms with Crippen molar-refractivity contribution in [3.8, 4) is 0 Å². The molecule has 3 aromatic rings. The van der Waals surface area contributed by atoms with Gasteiger partial charge in [-0.1, -0.05) is 47.5 Å². The Labute approximate surface area is 183 Å². The van der Waals surface area contributed by atoms with Crippen LogP contribution in [-0.4, -0.2) is 20.7 Å². The molecule has 1 heterocycles. The highest BCUT2D eigenvalue weighted by atomic mass is 35.5. The molecule has 0 saturated heterocycles. The minimum Gasteiger partial charge on any atom is -0.294 e. The van der Waals surface area contributed by atoms with Crippen molar-refractivity contribution in [3.05, 3.63) is 93.2 Å². The molecule has 1 aliphatic rings. The van der Waals surface area contributed by atoms with E-state index in [0.29, 0.717) is 29.2 Å². The van der Waals surface area contributed by atoms with Gasteiger partial charge in [-0.3, -0.25) is 9.10 Å². The Kier molecular flexibility index (Phi) is 5.57. The maximum atomic E-state index is 14.4. The number of para-hydroxylation sites is 1. The number of fused-ring (bicyclic) bond motifs is 1. The van der Waals surface area contributed by atoms with E-state index in [1.165, 1.54) is 16.4 Å². The highest BCUT2D eigenvalue weighted by Crippen LogP contribution is 2.33. The topological polar surface area (TPSA) is 54.5 Å². The summed E-state index contributed by atoms with van der Waals surface area (Å²) in [4.78, 5) is 12.6. The van der Waals surface area contributed by atoms with Gasteiger partial charge >= 0.3 is 0 Å². The number of sulfonamides is 1. The van der Waals surface area contributed by atoms with Gasteiger partial charge in [0.25, 0.3) is 10.0 Å². The Morgan fingerprint density at radius 2 is 1.77 bits per heavy atom. The first-order chi connectivity index (χ1) is 14.3. The van der Waals surface area contributed by atoms with Crippen LogP contribution >= 0.6 is 23.2 Å². The Morgan fingerprint density at radius 1 is 1.00 bits per heavy atom. The number of rotatable bonds is 5. The minimum atomic E-state index is -3.93. The second kappa shape index (κ2) is 8.02. The van der Waals surface area contributed by atoms with Gasteiger partial charge in [0.2, 0.25) is 0 Å². The van der Waals surface area contributed by atoms with E-state index in [1.807, 2.05) is 12.1 Å². The lowest BCUT2D eigenvalue weighted by Crippen LogP contribution is -2.29. The maximum absolute atomic E-state index is 14.4. The van der Waals surface area contributed by atoms with E-state index in [-0.39, 0.29) is 21.9 Å². The van der Waals surface area contributed by atoms with Crippen LogP contribution < -0.4 is 4.31 Å². The number of carbonyl (C=O) groups is 1. The van der Waals surface area contributed by atoms with Crippen LogP contribution in [0.2, 0.25) is 10.0 Å². The molecular weight excluding hydrogens is 448 g/mol. The lowest BCUT2D eigenvalue weighted by molar-refractivity contribution is 0.0989. The molecule has 3 aromatic carbocycles. The van der Waals surface area contributed by atoms with E-state index in [0.717, 1.165) is 17.7 Å². The van der Waals surface area contributed by atoms with Crippen LogP contribution in [0.25, 0.3) is 0 Å². The quantitative estimate of drug-likeness (QED) is 0.481. The summed E-state index contributed by atoms with van der Waals surface area (Å²) >= 11 is 11.9. The molecule has 0 aromatic heterocycles. The molecule has 0 saturated carbocycles. The summed E-state index contributed by atoms with van der Waals surface area (Å²) in [5.41, 5.74) is 1.80. The molecule has 0 unspecified atom stereocenters. The molecule has 0 fully saturated rings. The summed E-state index contributed by atoms with van der Waals surface area (Å²) in [6.45, 7) is 0.297. The summed E-state index contributed by atoms with van der Waals surface area (Å²) in [5, 5.41) is 0.629. The van der Waals surface area contributed by atoms with Crippen LogP contribution in [0, 0.1) is 5.82 Å². The molecule has 1 aliphatic heterocycles. The van der Waals surface area contributed by atoms with Crippen LogP contribution in [0.15, 0.2) is 65.6 Å². The first kappa shape index (κ1) is 20.8. The van der Waals surface area contributed by atoms with Crippen LogP contribution in [-0.2, 0) is 22.9 Å². The Balaban J connectivity index is 1.66. The molecule has 0 amide bonds. The standard InChI is InChI=1S/C22H16Cl2FNO3S/c23-18-7-5-14(11-19(18)24)12-22(27)17-13-16(6-8-20(17)25)30(28,29)26-10-9-15-3-1-2-4-21(15)26/h1-8,11,13H,9-10,12H2. The number of halogens is 3. The first-order valence-electron chi connectivity index (χ1n) is 9.15. The SMILES string of the molecule is O=C(Cc1ccc(Cl)c(Cl)c1)c1cc(S(=O)(=O)N2CCc3ccccc32)ccc1F. The lowest BCUT2D eigenvalue weighted by Gasteiger charge is -2.20. The number of ketones is 1. The normalized spacial score (nSPS) is 13.4. The van der Waals surface area contributed by atoms with Crippen molar-refractivity contribution in [2.24, 2.45) is 0 Å². The van der Waals surface area contributed by atoms with Crippen LogP contribution in [0.4, 0.5) is 10.1 Å². The minimum absolute atomic E-state index is 0.127. The molecule has 0 aliphatic carbocycles. The Bertz CT molecular complexity index is 1260. The van der Waals surface area contributed by atoms with Gasteiger partial charge in [-0.05, 0) is 53.9 Å². The maximum Gasteiger partial charge on any atom is 0.264 e. The second-order valence-electron chi connectivity index (χ2n) is 6.95. The van der Waals surface area contributed by atoms with Gasteiger partial charge in [0, 0.05) is 13.0 Å². The number of Topliss-reactive ketones (excluding diaryl/α,β-unsaturated/α-hetero) is 1. The monoisotopic (exact) mass is 463 g/mol. The zero-order valence-electron chi connectivity index (χ0n) is 15.6. The molecule has 30 heavy (non-hydrogen) atoms. The van der Waals surface area contributed by atoms with E-state index < -0.39 is 21.6 Å². The molecule has 0 bridgehead atoms. The number of nitrogens with zero attached hydrogens (tertiary/aromatic N) is 1. The fraction of sp³-hybridized carbons (Fsp3) is 0.136. The van der Waals surface area contributed by atoms with Crippen molar-refractivity contribution < 1.29 is 17.6 Å². The van der Waals surface area contributed by atoms with Crippen LogP contribution in [0.1, 0.15) is 21.5 Å². The number of anilines is 1. The molecule has 0 spiro atoms. The van der Waals surface area contributed by atoms with Gasteiger partial charge < -0.3 is 0 Å². The highest BCUT2D eigenvalue weighted by Gasteiger charge is 2.31. The van der Waals surface area contributed by atoms with Gasteiger partial charge in [0.1, 0.15) is 5.82 Å². The molecule has 154 valence electrons. The number of hydrogen-bond acceptors (Lipinski definition) is 3. The third-order valence-electron chi connectivity index (χ3n) is 5.02. The summed E-state index contributed by atoms with van der Waals surface area (Å²) in [6.07, 6.45) is 0.462. The van der Waals surface area contributed by atoms with Gasteiger partial charge in [-0.2, -0.15) is 0 Å². The summed E-state index contributed by atoms with van der Waals surface area (Å²) in [5.74, 6) is -1.33. The zero-order valence-corrected chi connectivity index (χ0v) is 17.9. The molecular formula is C22H16Cl2FNO3S. The van der Waals surface area contributed by atoms with Crippen molar-refractivity contribution >= 4 is 44.7 Å². The van der Waals surface area contributed by atoms with Gasteiger partial charge in [0.05, 0.1) is 26.2 Å². The van der Waals surface area contributed by atoms with E-state index in [2.05, 4.69) is 0 Å². The average Bonchev–Trinajstić information content (AvgIpc) is 3.16. The fourth-order valence-electron chi connectivity index (χ4n) is 3.49. The molecule has 8 heteroatoms. The van der Waals surface area contributed by atoms with E-state index >= 15 is 0 Å².